The third kappa shape index (κ3) is 8.46. The van der Waals surface area contributed by atoms with Gasteiger partial charge in [0, 0.05) is 19.6 Å². The largest absolute Gasteiger partial charge is 0.508 e. The minimum Gasteiger partial charge on any atom is -0.508 e. The zero-order valence-corrected chi connectivity index (χ0v) is 25.0. The standard InChI is InChI=1S/C30H44N8O6/c31-30(32)34-14-2-6-23(36-26(41)22-5-1-13-33-22)28(43)38-16-4-8-25(38)29(44)37-15-3-7-24(37)27(42)35-20(18-39)17-19-9-11-21(40)12-10-19/h9-12,18,20,22-25,33,40H,1-8,13-17H2,(H,35,42)(H,36,41)(H4,31,32,34)/t20-,22-,23-,24-,25-/m0/s1. The highest BCUT2D eigenvalue weighted by Gasteiger charge is 2.44. The number of aliphatic imine (C=N–C) groups is 1. The van der Waals surface area contributed by atoms with Gasteiger partial charge >= 0.3 is 0 Å². The summed E-state index contributed by atoms with van der Waals surface area (Å²) in [4.78, 5) is 72.7. The minimum atomic E-state index is -0.849. The fourth-order valence-electron chi connectivity index (χ4n) is 6.22. The second kappa shape index (κ2) is 15.5. The number of nitrogens with two attached hydrogens (primary N) is 2. The van der Waals surface area contributed by atoms with Crippen LogP contribution in [0.4, 0.5) is 0 Å². The van der Waals surface area contributed by atoms with Gasteiger partial charge in [0.05, 0.1) is 12.1 Å². The summed E-state index contributed by atoms with van der Waals surface area (Å²) in [7, 11) is 0. The molecule has 0 saturated carbocycles. The van der Waals surface area contributed by atoms with Crippen molar-refractivity contribution in [2.45, 2.75) is 88.0 Å². The van der Waals surface area contributed by atoms with Crippen molar-refractivity contribution in [2.75, 3.05) is 26.2 Å². The van der Waals surface area contributed by atoms with Crippen molar-refractivity contribution in [1.82, 2.24) is 25.8 Å². The smallest absolute Gasteiger partial charge is 0.246 e. The molecule has 3 saturated heterocycles. The van der Waals surface area contributed by atoms with Crippen LogP contribution < -0.4 is 27.4 Å². The van der Waals surface area contributed by atoms with Crippen molar-refractivity contribution in [3.8, 4) is 5.75 Å². The van der Waals surface area contributed by atoms with E-state index in [2.05, 4.69) is 20.9 Å². The number of nitrogens with one attached hydrogen (secondary N) is 3. The Kier molecular flexibility index (Phi) is 11.5. The summed E-state index contributed by atoms with van der Waals surface area (Å²) >= 11 is 0. The van der Waals surface area contributed by atoms with Gasteiger partial charge in [-0.05, 0) is 82.0 Å². The first-order valence-electron chi connectivity index (χ1n) is 15.4. The van der Waals surface area contributed by atoms with Crippen LogP contribution in [0.2, 0.25) is 0 Å². The highest BCUT2D eigenvalue weighted by molar-refractivity contribution is 5.96. The number of carbonyl (C=O) groups excluding carboxylic acids is 5. The summed E-state index contributed by atoms with van der Waals surface area (Å²) in [5, 5.41) is 18.3. The maximum Gasteiger partial charge on any atom is 0.246 e. The van der Waals surface area contributed by atoms with E-state index in [9.17, 15) is 29.1 Å². The van der Waals surface area contributed by atoms with Gasteiger partial charge in [0.15, 0.2) is 5.96 Å². The second-order valence-electron chi connectivity index (χ2n) is 11.7. The third-order valence-electron chi connectivity index (χ3n) is 8.48. The molecule has 4 rings (SSSR count). The first kappa shape index (κ1) is 32.7. The van der Waals surface area contributed by atoms with Gasteiger partial charge in [-0.1, -0.05) is 12.1 Å². The molecule has 240 valence electrons. The maximum atomic E-state index is 13.9. The molecule has 3 aliphatic heterocycles. The van der Waals surface area contributed by atoms with Gasteiger partial charge in [0.2, 0.25) is 23.6 Å². The van der Waals surface area contributed by atoms with Crippen molar-refractivity contribution in [1.29, 1.82) is 0 Å². The molecule has 5 atom stereocenters. The van der Waals surface area contributed by atoms with Gasteiger partial charge in [-0.2, -0.15) is 0 Å². The fourth-order valence-corrected chi connectivity index (χ4v) is 6.22. The fraction of sp³-hybridized carbons (Fsp3) is 0.600. The molecule has 44 heavy (non-hydrogen) atoms. The van der Waals surface area contributed by atoms with Crippen LogP contribution in [0.1, 0.15) is 56.9 Å². The summed E-state index contributed by atoms with van der Waals surface area (Å²) in [6.45, 7) is 1.76. The van der Waals surface area contributed by atoms with Crippen LogP contribution in [0.25, 0.3) is 0 Å². The van der Waals surface area contributed by atoms with Crippen LogP contribution in [0.5, 0.6) is 5.75 Å². The van der Waals surface area contributed by atoms with E-state index in [1.165, 1.54) is 21.9 Å². The Balaban J connectivity index is 1.41. The lowest BCUT2D eigenvalue weighted by atomic mass is 10.1. The van der Waals surface area contributed by atoms with Crippen LogP contribution in [0.15, 0.2) is 29.3 Å². The minimum absolute atomic E-state index is 0.0544. The van der Waals surface area contributed by atoms with Crippen molar-refractivity contribution in [3.05, 3.63) is 29.8 Å². The number of nitrogens with zero attached hydrogens (tertiary/aromatic N) is 3. The quantitative estimate of drug-likeness (QED) is 0.0689. The lowest BCUT2D eigenvalue weighted by molar-refractivity contribution is -0.148. The van der Waals surface area contributed by atoms with E-state index in [-0.39, 0.29) is 41.9 Å². The molecule has 1 aromatic carbocycles. The normalized spacial score (nSPS) is 22.7. The van der Waals surface area contributed by atoms with E-state index in [0.29, 0.717) is 70.9 Å². The highest BCUT2D eigenvalue weighted by Crippen LogP contribution is 2.26. The predicted molar refractivity (Wildman–Crippen MR) is 162 cm³/mol. The van der Waals surface area contributed by atoms with E-state index < -0.39 is 30.1 Å². The van der Waals surface area contributed by atoms with Gasteiger partial charge < -0.3 is 47.1 Å². The van der Waals surface area contributed by atoms with Crippen LogP contribution in [0.3, 0.4) is 0 Å². The number of phenols is 1. The molecule has 0 unspecified atom stereocenters. The number of amides is 4. The number of phenolic OH excluding ortho intramolecular Hbond substituents is 1. The van der Waals surface area contributed by atoms with Crippen LogP contribution in [0, 0.1) is 0 Å². The summed E-state index contributed by atoms with van der Waals surface area (Å²) in [6.07, 6.45) is 5.34. The lowest BCUT2D eigenvalue weighted by Crippen LogP contribution is -2.57. The number of likely N-dealkylation sites (tertiary alicyclic amines) is 2. The van der Waals surface area contributed by atoms with Crippen LogP contribution in [-0.2, 0) is 30.4 Å². The number of benzene rings is 1. The Morgan fingerprint density at radius 3 is 2.34 bits per heavy atom. The van der Waals surface area contributed by atoms with Gasteiger partial charge in [-0.25, -0.2) is 0 Å². The molecule has 14 nitrogen and oxygen atoms in total. The number of rotatable bonds is 13. The first-order valence-corrected chi connectivity index (χ1v) is 15.4. The molecule has 0 bridgehead atoms. The molecule has 3 aliphatic rings. The van der Waals surface area contributed by atoms with Gasteiger partial charge in [0.25, 0.3) is 0 Å². The van der Waals surface area contributed by atoms with E-state index in [4.69, 9.17) is 11.5 Å². The molecule has 3 heterocycles. The third-order valence-corrected chi connectivity index (χ3v) is 8.48. The summed E-state index contributed by atoms with van der Waals surface area (Å²) < 4.78 is 0. The SMILES string of the molecule is NC(N)=NCCC[C@H](NC(=O)[C@@H]1CCCN1)C(=O)N1CCC[C@H]1C(=O)N1CCC[C@H]1C(=O)N[C@H](C=O)Cc1ccc(O)cc1. The highest BCUT2D eigenvalue weighted by atomic mass is 16.3. The van der Waals surface area contributed by atoms with Gasteiger partial charge in [0.1, 0.15) is 30.2 Å². The molecule has 8 N–H and O–H groups in total. The Labute approximate surface area is 257 Å². The summed E-state index contributed by atoms with van der Waals surface area (Å²) in [5.74, 6) is -1.27. The maximum absolute atomic E-state index is 13.9. The molecule has 4 amide bonds. The first-order chi connectivity index (χ1) is 21.2. The molecular formula is C30H44N8O6. The van der Waals surface area contributed by atoms with Crippen molar-refractivity contribution >= 4 is 35.9 Å². The van der Waals surface area contributed by atoms with Gasteiger partial charge in [-0.15, -0.1) is 0 Å². The molecular weight excluding hydrogens is 568 g/mol. The number of carbonyl (C=O) groups is 5. The number of aldehydes is 1. The zero-order valence-electron chi connectivity index (χ0n) is 25.0. The molecule has 0 aliphatic carbocycles. The van der Waals surface area contributed by atoms with Gasteiger partial charge in [-0.3, -0.25) is 24.2 Å². The van der Waals surface area contributed by atoms with Crippen molar-refractivity contribution < 1.29 is 29.1 Å². The molecule has 0 radical (unpaired) electrons. The van der Waals surface area contributed by atoms with E-state index in [1.54, 1.807) is 12.1 Å². The monoisotopic (exact) mass is 612 g/mol. The number of hydrogen-bond acceptors (Lipinski definition) is 8. The van der Waals surface area contributed by atoms with Crippen LogP contribution >= 0.6 is 0 Å². The number of hydrogen-bond donors (Lipinski definition) is 6. The molecule has 0 spiro atoms. The Hall–Kier alpha value is -4.20. The molecule has 3 fully saturated rings. The Bertz CT molecular complexity index is 1210. The van der Waals surface area contributed by atoms with Crippen molar-refractivity contribution in [2.24, 2.45) is 16.5 Å². The average molecular weight is 613 g/mol. The second-order valence-corrected chi connectivity index (χ2v) is 11.7. The van der Waals surface area contributed by atoms with E-state index in [0.717, 1.165) is 18.5 Å². The number of guanidine groups is 1. The number of aromatic hydroxyl groups is 1. The molecule has 0 aromatic heterocycles. The van der Waals surface area contributed by atoms with Crippen molar-refractivity contribution in [3.63, 3.8) is 0 Å². The molecule has 1 aromatic rings. The van der Waals surface area contributed by atoms with E-state index in [1.807, 2.05) is 0 Å². The Morgan fingerprint density at radius 2 is 1.68 bits per heavy atom. The summed E-state index contributed by atoms with van der Waals surface area (Å²) in [5.41, 5.74) is 11.6. The lowest BCUT2D eigenvalue weighted by Gasteiger charge is -2.33. The summed E-state index contributed by atoms with van der Waals surface area (Å²) in [6, 6.07) is 2.85. The topological polar surface area (TPSA) is 213 Å². The zero-order chi connectivity index (χ0) is 31.6. The molecule has 14 heteroatoms. The average Bonchev–Trinajstić information content (AvgIpc) is 3.80. The predicted octanol–water partition coefficient (Wildman–Crippen LogP) is -1.11. The Morgan fingerprint density at radius 1 is 0.977 bits per heavy atom. The van der Waals surface area contributed by atoms with E-state index >= 15 is 0 Å². The van der Waals surface area contributed by atoms with Crippen LogP contribution in [-0.4, -0.2) is 107 Å².